The molecule has 0 aliphatic carbocycles. The largest absolute Gasteiger partial charge is 0.398 e. The Bertz CT molecular complexity index is 407. The van der Waals surface area contributed by atoms with Crippen LogP contribution in [-0.4, -0.2) is 23.7 Å². The first-order valence-corrected chi connectivity index (χ1v) is 5.42. The van der Waals surface area contributed by atoms with E-state index >= 15 is 0 Å². The average Bonchev–Trinajstić information content (AvgIpc) is 2.24. The normalized spacial score (nSPS) is 12.5. The minimum Gasteiger partial charge on any atom is -0.398 e. The highest BCUT2D eigenvalue weighted by Gasteiger charge is 2.17. The number of aliphatic hydroxyl groups is 1. The number of benzene rings is 1. The van der Waals surface area contributed by atoms with E-state index in [1.54, 1.807) is 0 Å². The van der Waals surface area contributed by atoms with Gasteiger partial charge in [0.25, 0.3) is 5.91 Å². The monoisotopic (exact) mass is 240 g/mol. The molecule has 0 aliphatic heterocycles. The van der Waals surface area contributed by atoms with Crippen LogP contribution in [0.25, 0.3) is 0 Å². The van der Waals surface area contributed by atoms with Crippen LogP contribution in [0.15, 0.2) is 18.2 Å². The van der Waals surface area contributed by atoms with Gasteiger partial charge in [-0.25, -0.2) is 4.39 Å². The van der Waals surface area contributed by atoms with Crippen molar-refractivity contribution < 1.29 is 14.3 Å². The van der Waals surface area contributed by atoms with Gasteiger partial charge in [-0.05, 0) is 24.1 Å². The Morgan fingerprint density at radius 2 is 2.18 bits per heavy atom. The second kappa shape index (κ2) is 5.63. The van der Waals surface area contributed by atoms with Gasteiger partial charge in [-0.2, -0.15) is 0 Å². The standard InChI is InChI=1S/C12H17FN2O2/c1-7(2)11(6-16)15-12(17)9-4-3-8(13)5-10(9)14/h3-5,7,11,16H,6,14H2,1-2H3,(H,15,17)/t11-/m1/s1. The summed E-state index contributed by atoms with van der Waals surface area (Å²) in [6, 6.07) is 3.26. The lowest BCUT2D eigenvalue weighted by Crippen LogP contribution is -2.41. The first kappa shape index (κ1) is 13.4. The molecule has 0 aromatic heterocycles. The Kier molecular flexibility index (Phi) is 4.45. The van der Waals surface area contributed by atoms with Crippen LogP contribution in [-0.2, 0) is 0 Å². The number of carbonyl (C=O) groups excluding carboxylic acids is 1. The Labute approximate surface area is 99.6 Å². The second-order valence-corrected chi connectivity index (χ2v) is 4.24. The lowest BCUT2D eigenvalue weighted by Gasteiger charge is -2.20. The summed E-state index contributed by atoms with van der Waals surface area (Å²) >= 11 is 0. The number of amides is 1. The molecule has 0 saturated heterocycles. The summed E-state index contributed by atoms with van der Waals surface area (Å²) in [5.74, 6) is -0.789. The number of nitrogens with two attached hydrogens (primary N) is 1. The van der Waals surface area contributed by atoms with Crippen molar-refractivity contribution in [3.05, 3.63) is 29.6 Å². The first-order chi connectivity index (χ1) is 7.95. The van der Waals surface area contributed by atoms with Gasteiger partial charge >= 0.3 is 0 Å². The number of anilines is 1. The van der Waals surface area contributed by atoms with Crippen LogP contribution >= 0.6 is 0 Å². The Balaban J connectivity index is 2.82. The summed E-state index contributed by atoms with van der Waals surface area (Å²) in [5.41, 5.74) is 5.85. The highest BCUT2D eigenvalue weighted by Crippen LogP contribution is 2.14. The number of hydrogen-bond donors (Lipinski definition) is 3. The lowest BCUT2D eigenvalue weighted by molar-refractivity contribution is 0.0897. The van der Waals surface area contributed by atoms with E-state index in [1.165, 1.54) is 12.1 Å². The third-order valence-electron chi connectivity index (χ3n) is 2.58. The number of carbonyl (C=O) groups is 1. The molecule has 0 spiro atoms. The van der Waals surface area contributed by atoms with Crippen molar-refractivity contribution in [1.29, 1.82) is 0 Å². The third-order valence-corrected chi connectivity index (χ3v) is 2.58. The van der Waals surface area contributed by atoms with Crippen molar-refractivity contribution in [3.8, 4) is 0 Å². The van der Waals surface area contributed by atoms with Gasteiger partial charge < -0.3 is 16.2 Å². The molecule has 0 heterocycles. The molecule has 1 aromatic rings. The smallest absolute Gasteiger partial charge is 0.253 e. The molecule has 0 bridgehead atoms. The summed E-state index contributed by atoms with van der Waals surface area (Å²) in [6.07, 6.45) is 0. The Morgan fingerprint density at radius 3 is 2.65 bits per heavy atom. The topological polar surface area (TPSA) is 75.3 Å². The van der Waals surface area contributed by atoms with E-state index in [9.17, 15) is 9.18 Å². The molecule has 0 aliphatic rings. The molecule has 4 N–H and O–H groups in total. The van der Waals surface area contributed by atoms with Crippen LogP contribution in [0, 0.1) is 11.7 Å². The molecule has 4 nitrogen and oxygen atoms in total. The van der Waals surface area contributed by atoms with Gasteiger partial charge in [0.15, 0.2) is 0 Å². The zero-order valence-electron chi connectivity index (χ0n) is 9.90. The Morgan fingerprint density at radius 1 is 1.53 bits per heavy atom. The van der Waals surface area contributed by atoms with Crippen LogP contribution < -0.4 is 11.1 Å². The number of rotatable bonds is 4. The van der Waals surface area contributed by atoms with Crippen LogP contribution in [0.4, 0.5) is 10.1 Å². The van der Waals surface area contributed by atoms with E-state index in [4.69, 9.17) is 10.8 Å². The highest BCUT2D eigenvalue weighted by atomic mass is 19.1. The van der Waals surface area contributed by atoms with Crippen molar-refractivity contribution in [2.75, 3.05) is 12.3 Å². The molecule has 0 radical (unpaired) electrons. The molecule has 0 saturated carbocycles. The lowest BCUT2D eigenvalue weighted by atomic mass is 10.0. The molecule has 94 valence electrons. The van der Waals surface area contributed by atoms with E-state index < -0.39 is 11.7 Å². The zero-order valence-corrected chi connectivity index (χ0v) is 9.90. The quantitative estimate of drug-likeness (QED) is 0.691. The van der Waals surface area contributed by atoms with Crippen LogP contribution in [0.1, 0.15) is 24.2 Å². The predicted molar refractivity (Wildman–Crippen MR) is 64.0 cm³/mol. The Hall–Kier alpha value is -1.62. The van der Waals surface area contributed by atoms with Crippen molar-refractivity contribution in [1.82, 2.24) is 5.32 Å². The van der Waals surface area contributed by atoms with Crippen molar-refractivity contribution in [2.45, 2.75) is 19.9 Å². The SMILES string of the molecule is CC(C)[C@@H](CO)NC(=O)c1ccc(F)cc1N. The predicted octanol–water partition coefficient (Wildman–Crippen LogP) is 1.15. The minimum atomic E-state index is -0.485. The van der Waals surface area contributed by atoms with Gasteiger partial charge in [0.2, 0.25) is 0 Å². The molecule has 5 heteroatoms. The minimum absolute atomic E-state index is 0.0861. The van der Waals surface area contributed by atoms with Gasteiger partial charge in [-0.3, -0.25) is 4.79 Å². The van der Waals surface area contributed by atoms with Gasteiger partial charge in [0, 0.05) is 5.69 Å². The van der Waals surface area contributed by atoms with E-state index in [-0.39, 0.29) is 29.8 Å². The van der Waals surface area contributed by atoms with Crippen molar-refractivity contribution in [2.24, 2.45) is 5.92 Å². The number of nitrogens with one attached hydrogen (secondary N) is 1. The van der Waals surface area contributed by atoms with Crippen molar-refractivity contribution >= 4 is 11.6 Å². The summed E-state index contributed by atoms with van der Waals surface area (Å²) in [5, 5.41) is 11.8. The fourth-order valence-corrected chi connectivity index (χ4v) is 1.41. The second-order valence-electron chi connectivity index (χ2n) is 4.24. The molecule has 1 rings (SSSR count). The summed E-state index contributed by atoms with van der Waals surface area (Å²) in [4.78, 5) is 11.8. The molecule has 1 atom stereocenters. The van der Waals surface area contributed by atoms with Gasteiger partial charge in [0.05, 0.1) is 18.2 Å². The molecule has 17 heavy (non-hydrogen) atoms. The molecule has 1 aromatic carbocycles. The molecular formula is C12H17FN2O2. The summed E-state index contributed by atoms with van der Waals surface area (Å²) in [7, 11) is 0. The molecule has 0 unspecified atom stereocenters. The summed E-state index contributed by atoms with van der Waals surface area (Å²) in [6.45, 7) is 3.62. The fourth-order valence-electron chi connectivity index (χ4n) is 1.41. The number of halogens is 1. The maximum absolute atomic E-state index is 12.8. The number of hydrogen-bond acceptors (Lipinski definition) is 3. The van der Waals surface area contributed by atoms with E-state index in [0.29, 0.717) is 0 Å². The van der Waals surface area contributed by atoms with Crippen molar-refractivity contribution in [3.63, 3.8) is 0 Å². The molecule has 1 amide bonds. The third kappa shape index (κ3) is 3.42. The zero-order chi connectivity index (χ0) is 13.0. The van der Waals surface area contributed by atoms with E-state index in [2.05, 4.69) is 5.32 Å². The summed E-state index contributed by atoms with van der Waals surface area (Å²) < 4.78 is 12.8. The first-order valence-electron chi connectivity index (χ1n) is 5.42. The van der Waals surface area contributed by atoms with Gasteiger partial charge in [-0.1, -0.05) is 13.8 Å². The van der Waals surface area contributed by atoms with Crippen LogP contribution in [0.3, 0.4) is 0 Å². The van der Waals surface area contributed by atoms with Gasteiger partial charge in [0.1, 0.15) is 5.82 Å². The maximum atomic E-state index is 12.8. The van der Waals surface area contributed by atoms with Crippen LogP contribution in [0.2, 0.25) is 0 Å². The van der Waals surface area contributed by atoms with E-state index in [1.807, 2.05) is 13.8 Å². The maximum Gasteiger partial charge on any atom is 0.253 e. The fraction of sp³-hybridized carbons (Fsp3) is 0.417. The molecule has 0 fully saturated rings. The average molecular weight is 240 g/mol. The molecular weight excluding hydrogens is 223 g/mol. The van der Waals surface area contributed by atoms with E-state index in [0.717, 1.165) is 6.07 Å². The highest BCUT2D eigenvalue weighted by molar-refractivity contribution is 5.99. The number of nitrogen functional groups attached to an aromatic ring is 1. The van der Waals surface area contributed by atoms with Crippen LogP contribution in [0.5, 0.6) is 0 Å². The number of aliphatic hydroxyl groups excluding tert-OH is 1. The van der Waals surface area contributed by atoms with Gasteiger partial charge in [-0.15, -0.1) is 0 Å².